The molecule has 0 saturated heterocycles. The molecule has 0 radical (unpaired) electrons. The number of hydrogen-bond acceptors (Lipinski definition) is 3. The van der Waals surface area contributed by atoms with E-state index in [4.69, 9.17) is 4.74 Å². The molecular formula is C22H22F3NO3. The summed E-state index contributed by atoms with van der Waals surface area (Å²) in [6.07, 6.45) is -0.508. The summed E-state index contributed by atoms with van der Waals surface area (Å²) in [7, 11) is 0. The van der Waals surface area contributed by atoms with Crippen molar-refractivity contribution in [3.8, 4) is 5.75 Å². The van der Waals surface area contributed by atoms with Gasteiger partial charge in [0.05, 0.1) is 12.0 Å². The lowest BCUT2D eigenvalue weighted by atomic mass is 9.88. The number of esters is 1. The second-order valence-corrected chi connectivity index (χ2v) is 7.20. The molecule has 154 valence electrons. The van der Waals surface area contributed by atoms with Crippen LogP contribution in [0.15, 0.2) is 48.5 Å². The average Bonchev–Trinajstić information content (AvgIpc) is 2.68. The normalized spacial score (nSPS) is 15.0. The Balaban J connectivity index is 1.76. The van der Waals surface area contributed by atoms with Crippen molar-refractivity contribution in [3.63, 3.8) is 0 Å². The van der Waals surface area contributed by atoms with E-state index in [2.05, 4.69) is 5.32 Å². The number of carbonyl (C=O) groups excluding carboxylic acids is 2. The third-order valence-electron chi connectivity index (χ3n) is 4.89. The molecule has 0 aromatic heterocycles. The van der Waals surface area contributed by atoms with Crippen LogP contribution < -0.4 is 10.1 Å². The molecule has 1 aliphatic rings. The molecule has 0 spiro atoms. The summed E-state index contributed by atoms with van der Waals surface area (Å²) in [6.45, 7) is 0. The molecule has 0 aliphatic heterocycles. The predicted molar refractivity (Wildman–Crippen MR) is 102 cm³/mol. The van der Waals surface area contributed by atoms with Gasteiger partial charge in [-0.15, -0.1) is 0 Å². The highest BCUT2D eigenvalue weighted by Crippen LogP contribution is 2.33. The zero-order valence-electron chi connectivity index (χ0n) is 15.8. The Labute approximate surface area is 167 Å². The Morgan fingerprint density at radius 2 is 1.69 bits per heavy atom. The van der Waals surface area contributed by atoms with Gasteiger partial charge in [0, 0.05) is 11.6 Å². The Morgan fingerprint density at radius 3 is 2.34 bits per heavy atom. The molecule has 0 unspecified atom stereocenters. The minimum Gasteiger partial charge on any atom is -0.426 e. The number of anilines is 1. The van der Waals surface area contributed by atoms with Crippen LogP contribution in [0.5, 0.6) is 5.75 Å². The van der Waals surface area contributed by atoms with E-state index >= 15 is 0 Å². The van der Waals surface area contributed by atoms with Crippen LogP contribution in [-0.4, -0.2) is 11.9 Å². The monoisotopic (exact) mass is 405 g/mol. The zero-order valence-corrected chi connectivity index (χ0v) is 15.8. The third kappa shape index (κ3) is 6.07. The zero-order chi connectivity index (χ0) is 20.9. The summed E-state index contributed by atoms with van der Waals surface area (Å²) in [4.78, 5) is 24.6. The van der Waals surface area contributed by atoms with E-state index in [0.717, 1.165) is 44.2 Å². The van der Waals surface area contributed by atoms with Gasteiger partial charge in [-0.25, -0.2) is 0 Å². The highest BCUT2D eigenvalue weighted by atomic mass is 19.4. The van der Waals surface area contributed by atoms with Gasteiger partial charge in [-0.3, -0.25) is 9.59 Å². The van der Waals surface area contributed by atoms with Crippen molar-refractivity contribution in [1.29, 1.82) is 0 Å². The fourth-order valence-corrected chi connectivity index (χ4v) is 3.46. The molecule has 2 aromatic rings. The molecule has 4 nitrogen and oxygen atoms in total. The van der Waals surface area contributed by atoms with E-state index in [1.165, 1.54) is 6.07 Å². The maximum Gasteiger partial charge on any atom is 0.416 e. The molecule has 1 saturated carbocycles. The molecule has 2 aromatic carbocycles. The number of hydrogen-bond donors (Lipinski definition) is 1. The first-order valence-corrected chi connectivity index (χ1v) is 9.59. The van der Waals surface area contributed by atoms with E-state index in [-0.39, 0.29) is 29.5 Å². The summed E-state index contributed by atoms with van der Waals surface area (Å²) in [5, 5.41) is 2.60. The Hall–Kier alpha value is -2.83. The minimum atomic E-state index is -4.59. The molecule has 1 aliphatic carbocycles. The van der Waals surface area contributed by atoms with E-state index in [1.54, 1.807) is 30.3 Å². The van der Waals surface area contributed by atoms with Crippen molar-refractivity contribution in [3.05, 3.63) is 59.7 Å². The van der Waals surface area contributed by atoms with Crippen molar-refractivity contribution < 1.29 is 27.5 Å². The first-order valence-electron chi connectivity index (χ1n) is 9.59. The summed E-state index contributed by atoms with van der Waals surface area (Å²) in [6, 6.07) is 11.5. The number of alkyl halides is 3. The molecule has 1 fully saturated rings. The fraction of sp³-hybridized carbons (Fsp3) is 0.364. The molecule has 0 bridgehead atoms. The quantitative estimate of drug-likeness (QED) is 0.537. The number of ether oxygens (including phenoxy) is 1. The summed E-state index contributed by atoms with van der Waals surface area (Å²) >= 11 is 0. The van der Waals surface area contributed by atoms with Gasteiger partial charge in [0.25, 0.3) is 0 Å². The average molecular weight is 405 g/mol. The smallest absolute Gasteiger partial charge is 0.416 e. The van der Waals surface area contributed by atoms with Gasteiger partial charge >= 0.3 is 12.1 Å². The maximum atomic E-state index is 13.3. The number of halogens is 3. The number of amides is 1. The number of carbonyl (C=O) groups is 2. The van der Waals surface area contributed by atoms with Crippen LogP contribution in [0.3, 0.4) is 0 Å². The van der Waals surface area contributed by atoms with Gasteiger partial charge in [-0.05, 0) is 48.7 Å². The molecule has 3 rings (SSSR count). The largest absolute Gasteiger partial charge is 0.426 e. The number of benzene rings is 2. The SMILES string of the molecule is O=C(Cc1cc(NC(=O)C2CCCCC2)cc(C(F)(F)F)c1)Oc1ccccc1. The van der Waals surface area contributed by atoms with Gasteiger partial charge in [-0.2, -0.15) is 13.2 Å². The second kappa shape index (κ2) is 9.11. The van der Waals surface area contributed by atoms with Crippen molar-refractivity contribution >= 4 is 17.6 Å². The van der Waals surface area contributed by atoms with Crippen molar-refractivity contribution in [2.24, 2.45) is 5.92 Å². The van der Waals surface area contributed by atoms with Crippen LogP contribution >= 0.6 is 0 Å². The Bertz CT molecular complexity index is 859. The molecule has 0 atom stereocenters. The number of nitrogens with one attached hydrogen (secondary N) is 1. The van der Waals surface area contributed by atoms with Crippen molar-refractivity contribution in [2.45, 2.75) is 44.7 Å². The molecular weight excluding hydrogens is 383 g/mol. The fourth-order valence-electron chi connectivity index (χ4n) is 3.46. The number of rotatable bonds is 5. The van der Waals surface area contributed by atoms with E-state index in [9.17, 15) is 22.8 Å². The van der Waals surface area contributed by atoms with E-state index in [1.807, 2.05) is 0 Å². The van der Waals surface area contributed by atoms with Gasteiger partial charge in [0.15, 0.2) is 0 Å². The van der Waals surface area contributed by atoms with Crippen LogP contribution in [0.4, 0.5) is 18.9 Å². The van der Waals surface area contributed by atoms with Gasteiger partial charge in [-0.1, -0.05) is 37.5 Å². The predicted octanol–water partition coefficient (Wildman–Crippen LogP) is 5.37. The van der Waals surface area contributed by atoms with E-state index in [0.29, 0.717) is 5.75 Å². The van der Waals surface area contributed by atoms with Crippen molar-refractivity contribution in [2.75, 3.05) is 5.32 Å². The first kappa shape index (κ1) is 20.9. The topological polar surface area (TPSA) is 55.4 Å². The Morgan fingerprint density at radius 1 is 1.00 bits per heavy atom. The third-order valence-corrected chi connectivity index (χ3v) is 4.89. The first-order chi connectivity index (χ1) is 13.8. The Kier molecular flexibility index (Phi) is 6.56. The highest BCUT2D eigenvalue weighted by molar-refractivity contribution is 5.93. The van der Waals surface area contributed by atoms with Gasteiger partial charge in [0.1, 0.15) is 5.75 Å². The lowest BCUT2D eigenvalue weighted by molar-refractivity contribution is -0.138. The lowest BCUT2D eigenvalue weighted by Gasteiger charge is -2.21. The highest BCUT2D eigenvalue weighted by Gasteiger charge is 2.32. The summed E-state index contributed by atoms with van der Waals surface area (Å²) < 4.78 is 45.0. The van der Waals surface area contributed by atoms with Crippen LogP contribution in [0, 0.1) is 5.92 Å². The molecule has 29 heavy (non-hydrogen) atoms. The lowest BCUT2D eigenvalue weighted by Crippen LogP contribution is -2.25. The van der Waals surface area contributed by atoms with Gasteiger partial charge < -0.3 is 10.1 Å². The molecule has 0 heterocycles. The van der Waals surface area contributed by atoms with E-state index < -0.39 is 17.7 Å². The number of para-hydroxylation sites is 1. The van der Waals surface area contributed by atoms with Crippen molar-refractivity contribution in [1.82, 2.24) is 0 Å². The second-order valence-electron chi connectivity index (χ2n) is 7.20. The van der Waals surface area contributed by atoms with Crippen LogP contribution in [0.1, 0.15) is 43.2 Å². The summed E-state index contributed by atoms with van der Waals surface area (Å²) in [5.74, 6) is -0.831. The minimum absolute atomic E-state index is 0.0397. The summed E-state index contributed by atoms with van der Waals surface area (Å²) in [5.41, 5.74) is -0.751. The van der Waals surface area contributed by atoms with Crippen LogP contribution in [-0.2, 0) is 22.2 Å². The van der Waals surface area contributed by atoms with Crippen LogP contribution in [0.2, 0.25) is 0 Å². The molecule has 1 amide bonds. The molecule has 7 heteroatoms. The maximum absolute atomic E-state index is 13.3. The van der Waals surface area contributed by atoms with Gasteiger partial charge in [0.2, 0.25) is 5.91 Å². The standard InChI is InChI=1S/C22H22F3NO3/c23-22(24,25)17-11-15(13-20(27)29-19-9-5-2-6-10-19)12-18(14-17)26-21(28)16-7-3-1-4-8-16/h2,5-6,9-12,14,16H,1,3-4,7-8,13H2,(H,26,28). The van der Waals surface area contributed by atoms with Crippen LogP contribution in [0.25, 0.3) is 0 Å². The molecule has 1 N–H and O–H groups in total.